The van der Waals surface area contributed by atoms with Gasteiger partial charge in [-0.05, 0) is 0 Å². The van der Waals surface area contributed by atoms with E-state index in [9.17, 15) is 19.2 Å². The van der Waals surface area contributed by atoms with Gasteiger partial charge in [-0.25, -0.2) is 9.78 Å². The van der Waals surface area contributed by atoms with E-state index in [2.05, 4.69) is 22.2 Å². The Balaban J connectivity index is 1.68. The van der Waals surface area contributed by atoms with Crippen molar-refractivity contribution in [2.24, 2.45) is 0 Å². The van der Waals surface area contributed by atoms with E-state index in [-0.39, 0.29) is 35.7 Å². The van der Waals surface area contributed by atoms with Gasteiger partial charge in [-0.3, -0.25) is 19.3 Å². The Morgan fingerprint density at radius 1 is 1.44 bits per heavy atom. The molecule has 0 aliphatic carbocycles. The smallest absolute Gasteiger partial charge is 0.358 e. The van der Waals surface area contributed by atoms with E-state index < -0.39 is 18.5 Å². The van der Waals surface area contributed by atoms with Gasteiger partial charge in [0.15, 0.2) is 17.4 Å². The summed E-state index contributed by atoms with van der Waals surface area (Å²) < 4.78 is 4.87. The summed E-state index contributed by atoms with van der Waals surface area (Å²) in [5, 5.41) is 7.16. The number of esters is 1. The first-order valence-corrected chi connectivity index (χ1v) is 9.09. The molecular formula is C14H16N4O5S2. The van der Waals surface area contributed by atoms with Crippen molar-refractivity contribution in [3.05, 3.63) is 23.7 Å². The molecule has 1 fully saturated rings. The van der Waals surface area contributed by atoms with Gasteiger partial charge >= 0.3 is 5.97 Å². The predicted octanol–water partition coefficient (Wildman–Crippen LogP) is 0.709. The Morgan fingerprint density at radius 3 is 2.92 bits per heavy atom. The van der Waals surface area contributed by atoms with Crippen molar-refractivity contribution in [1.82, 2.24) is 15.2 Å². The summed E-state index contributed by atoms with van der Waals surface area (Å²) >= 11 is 2.17. The highest BCUT2D eigenvalue weighted by atomic mass is 32.2. The number of carbonyl (C=O) groups excluding carboxylic acids is 4. The van der Waals surface area contributed by atoms with Crippen LogP contribution in [0.2, 0.25) is 0 Å². The maximum atomic E-state index is 11.8. The molecule has 11 heteroatoms. The molecule has 1 aliphatic heterocycles. The third-order valence-electron chi connectivity index (χ3n) is 2.94. The van der Waals surface area contributed by atoms with Crippen LogP contribution in [0.25, 0.3) is 0 Å². The van der Waals surface area contributed by atoms with Crippen LogP contribution in [0.4, 0.5) is 9.93 Å². The lowest BCUT2D eigenvalue weighted by Crippen LogP contribution is -2.38. The lowest BCUT2D eigenvalue weighted by Gasteiger charge is -2.13. The molecule has 2 heterocycles. The monoisotopic (exact) mass is 384 g/mol. The normalized spacial score (nSPS) is 13.7. The van der Waals surface area contributed by atoms with Crippen LogP contribution in [0, 0.1) is 0 Å². The average Bonchev–Trinajstić information content (AvgIpc) is 3.19. The molecule has 9 nitrogen and oxygen atoms in total. The molecule has 1 aromatic rings. The van der Waals surface area contributed by atoms with Crippen LogP contribution in [0.3, 0.4) is 0 Å². The molecule has 1 aromatic heterocycles. The molecule has 0 unspecified atom stereocenters. The number of hydrogen-bond acceptors (Lipinski definition) is 9. The zero-order valence-corrected chi connectivity index (χ0v) is 14.8. The zero-order chi connectivity index (χ0) is 18.2. The second-order valence-electron chi connectivity index (χ2n) is 4.73. The van der Waals surface area contributed by atoms with E-state index in [0.717, 1.165) is 16.7 Å². The molecule has 134 valence electrons. The van der Waals surface area contributed by atoms with Crippen LogP contribution >= 0.6 is 23.1 Å². The number of thioether (sulfide) groups is 1. The Bertz CT molecular complexity index is 675. The third kappa shape index (κ3) is 5.57. The minimum absolute atomic E-state index is 0.0920. The maximum Gasteiger partial charge on any atom is 0.358 e. The summed E-state index contributed by atoms with van der Waals surface area (Å²) in [5.74, 6) is -1.39. The van der Waals surface area contributed by atoms with Crippen molar-refractivity contribution in [3.63, 3.8) is 0 Å². The third-order valence-corrected chi connectivity index (χ3v) is 4.60. The van der Waals surface area contributed by atoms with Gasteiger partial charge in [0.05, 0.1) is 5.75 Å². The second kappa shape index (κ2) is 9.18. The number of nitrogens with zero attached hydrogens (tertiary/aromatic N) is 2. The number of nitrogens with one attached hydrogen (secondary N) is 2. The van der Waals surface area contributed by atoms with Gasteiger partial charge in [-0.15, -0.1) is 17.9 Å². The van der Waals surface area contributed by atoms with Gasteiger partial charge in [0.2, 0.25) is 5.91 Å². The summed E-state index contributed by atoms with van der Waals surface area (Å²) in [6, 6.07) is 0. The molecule has 25 heavy (non-hydrogen) atoms. The lowest BCUT2D eigenvalue weighted by atomic mass is 10.5. The first-order valence-electron chi connectivity index (χ1n) is 7.22. The minimum Gasteiger partial charge on any atom is -0.451 e. The molecule has 0 spiro atoms. The van der Waals surface area contributed by atoms with Crippen LogP contribution in [0.5, 0.6) is 0 Å². The van der Waals surface area contributed by atoms with Gasteiger partial charge in [-0.1, -0.05) is 17.8 Å². The Kier molecular flexibility index (Phi) is 6.95. The summed E-state index contributed by atoms with van der Waals surface area (Å²) in [6.45, 7) is 3.80. The van der Waals surface area contributed by atoms with Crippen molar-refractivity contribution in [3.8, 4) is 0 Å². The summed E-state index contributed by atoms with van der Waals surface area (Å²) in [7, 11) is 0. The summed E-state index contributed by atoms with van der Waals surface area (Å²) in [5.41, 5.74) is 0.106. The van der Waals surface area contributed by atoms with Crippen molar-refractivity contribution in [1.29, 1.82) is 0 Å². The van der Waals surface area contributed by atoms with E-state index in [4.69, 9.17) is 4.74 Å². The van der Waals surface area contributed by atoms with Crippen LogP contribution in [-0.2, 0) is 14.3 Å². The number of amides is 3. The Morgan fingerprint density at radius 2 is 2.24 bits per heavy atom. The molecule has 0 bridgehead atoms. The highest BCUT2D eigenvalue weighted by molar-refractivity contribution is 8.14. The predicted molar refractivity (Wildman–Crippen MR) is 93.7 cm³/mol. The summed E-state index contributed by atoms with van der Waals surface area (Å²) in [4.78, 5) is 51.3. The van der Waals surface area contributed by atoms with E-state index in [0.29, 0.717) is 11.7 Å². The average molecular weight is 384 g/mol. The van der Waals surface area contributed by atoms with Crippen LogP contribution in [-0.4, -0.2) is 64.9 Å². The quantitative estimate of drug-likeness (QED) is 0.472. The lowest BCUT2D eigenvalue weighted by molar-refractivity contribution is -0.126. The van der Waals surface area contributed by atoms with E-state index in [1.54, 1.807) is 6.08 Å². The first-order chi connectivity index (χ1) is 12.0. The van der Waals surface area contributed by atoms with E-state index in [1.165, 1.54) is 16.7 Å². The van der Waals surface area contributed by atoms with Crippen molar-refractivity contribution in [2.75, 3.05) is 37.3 Å². The van der Waals surface area contributed by atoms with E-state index in [1.807, 2.05) is 0 Å². The molecule has 0 radical (unpaired) electrons. The van der Waals surface area contributed by atoms with Crippen molar-refractivity contribution >= 4 is 51.3 Å². The fourth-order valence-electron chi connectivity index (χ4n) is 1.77. The molecule has 2 N–H and O–H groups in total. The number of aromatic nitrogens is 1. The topological polar surface area (TPSA) is 118 Å². The molecule has 1 saturated heterocycles. The van der Waals surface area contributed by atoms with Crippen LogP contribution in [0.15, 0.2) is 18.0 Å². The number of imide groups is 1. The van der Waals surface area contributed by atoms with Crippen molar-refractivity contribution < 1.29 is 23.9 Å². The van der Waals surface area contributed by atoms with Crippen LogP contribution in [0.1, 0.15) is 10.5 Å². The number of rotatable bonds is 9. The highest BCUT2D eigenvalue weighted by Crippen LogP contribution is 2.17. The Hall–Kier alpha value is -2.40. The molecule has 0 atom stereocenters. The SMILES string of the molecule is C=CCNc1nc(C(=O)OCC(=O)NCCN2C(=O)CSC2=O)cs1. The first kappa shape index (κ1) is 18.9. The van der Waals surface area contributed by atoms with E-state index >= 15 is 0 Å². The fourth-order valence-corrected chi connectivity index (χ4v) is 3.21. The Labute approximate surface area is 151 Å². The number of carbonyl (C=O) groups is 4. The summed E-state index contributed by atoms with van der Waals surface area (Å²) in [6.07, 6.45) is 1.66. The number of hydrogen-bond donors (Lipinski definition) is 2. The maximum absolute atomic E-state index is 11.8. The van der Waals surface area contributed by atoms with Crippen LogP contribution < -0.4 is 10.6 Å². The highest BCUT2D eigenvalue weighted by Gasteiger charge is 2.29. The fraction of sp³-hybridized carbons (Fsp3) is 0.357. The zero-order valence-electron chi connectivity index (χ0n) is 13.1. The number of thiazole rings is 1. The molecule has 1 aliphatic rings. The largest absolute Gasteiger partial charge is 0.451 e. The van der Waals surface area contributed by atoms with Gasteiger partial charge < -0.3 is 15.4 Å². The molecule has 2 rings (SSSR count). The second-order valence-corrected chi connectivity index (χ2v) is 6.52. The van der Waals surface area contributed by atoms with Gasteiger partial charge in [0.1, 0.15) is 0 Å². The molecule has 3 amide bonds. The number of ether oxygens (including phenoxy) is 1. The molecule has 0 saturated carbocycles. The molecule has 0 aromatic carbocycles. The molecular weight excluding hydrogens is 368 g/mol. The van der Waals surface area contributed by atoms with Gasteiger partial charge in [0.25, 0.3) is 11.1 Å². The van der Waals surface area contributed by atoms with Gasteiger partial charge in [-0.2, -0.15) is 0 Å². The standard InChI is InChI=1S/C14H16N4O5S2/c1-2-3-16-13-17-9(7-24-13)12(21)23-6-10(19)15-4-5-18-11(20)8-25-14(18)22/h2,7H,1,3-6,8H2,(H,15,19)(H,16,17). The number of anilines is 1. The minimum atomic E-state index is -0.709. The van der Waals surface area contributed by atoms with Crippen molar-refractivity contribution in [2.45, 2.75) is 0 Å². The van der Waals surface area contributed by atoms with Gasteiger partial charge in [0, 0.05) is 25.0 Å².